The number of hydrogen-bond donors (Lipinski definition) is 1. The van der Waals surface area contributed by atoms with Gasteiger partial charge in [-0.2, -0.15) is 0 Å². The summed E-state index contributed by atoms with van der Waals surface area (Å²) >= 11 is 0. The van der Waals surface area contributed by atoms with Gasteiger partial charge >= 0.3 is 0 Å². The Hall–Kier alpha value is -1.18. The van der Waals surface area contributed by atoms with Crippen molar-refractivity contribution < 1.29 is 4.74 Å². The van der Waals surface area contributed by atoms with Crippen LogP contribution in [-0.2, 0) is 5.41 Å². The molecule has 1 aromatic rings. The van der Waals surface area contributed by atoms with E-state index in [2.05, 4.69) is 44.3 Å². The lowest BCUT2D eigenvalue weighted by atomic mass is 9.79. The van der Waals surface area contributed by atoms with E-state index in [1.54, 1.807) is 0 Å². The third kappa shape index (κ3) is 2.09. The highest BCUT2D eigenvalue weighted by Gasteiger charge is 2.31. The first-order chi connectivity index (χ1) is 8.54. The molecular formula is C16H23NO. The SMILES string of the molecule is CC(C)(C)c1ccc2c(c1)NC(C1CCC1)CO2. The molecular weight excluding hydrogens is 222 g/mol. The Labute approximate surface area is 110 Å². The summed E-state index contributed by atoms with van der Waals surface area (Å²) in [4.78, 5) is 0. The molecule has 2 nitrogen and oxygen atoms in total. The van der Waals surface area contributed by atoms with Crippen LogP contribution in [0.5, 0.6) is 5.75 Å². The van der Waals surface area contributed by atoms with Crippen molar-refractivity contribution in [2.24, 2.45) is 5.92 Å². The molecule has 1 aromatic carbocycles. The van der Waals surface area contributed by atoms with Crippen molar-refractivity contribution in [3.05, 3.63) is 23.8 Å². The Morgan fingerprint density at radius 1 is 1.22 bits per heavy atom. The molecule has 2 aliphatic rings. The van der Waals surface area contributed by atoms with Gasteiger partial charge in [-0.25, -0.2) is 0 Å². The Morgan fingerprint density at radius 2 is 2.00 bits per heavy atom. The summed E-state index contributed by atoms with van der Waals surface area (Å²) in [6.07, 6.45) is 4.10. The van der Waals surface area contributed by atoms with Crippen LogP contribution in [0, 0.1) is 5.92 Å². The number of hydrogen-bond acceptors (Lipinski definition) is 2. The number of rotatable bonds is 1. The maximum atomic E-state index is 5.90. The van der Waals surface area contributed by atoms with Crippen molar-refractivity contribution in [1.29, 1.82) is 0 Å². The molecule has 1 aliphatic carbocycles. The molecule has 1 unspecified atom stereocenters. The second kappa shape index (κ2) is 4.18. The van der Waals surface area contributed by atoms with E-state index in [9.17, 15) is 0 Å². The average molecular weight is 245 g/mol. The van der Waals surface area contributed by atoms with Gasteiger partial charge in [-0.3, -0.25) is 0 Å². The fourth-order valence-electron chi connectivity index (χ4n) is 2.75. The van der Waals surface area contributed by atoms with E-state index in [1.807, 2.05) is 0 Å². The third-order valence-electron chi connectivity index (χ3n) is 4.32. The second-order valence-electron chi connectivity index (χ2n) is 6.71. The topological polar surface area (TPSA) is 21.3 Å². The lowest BCUT2D eigenvalue weighted by molar-refractivity contribution is 0.191. The Balaban J connectivity index is 1.84. The van der Waals surface area contributed by atoms with Crippen molar-refractivity contribution in [3.8, 4) is 5.75 Å². The molecule has 1 fully saturated rings. The summed E-state index contributed by atoms with van der Waals surface area (Å²) in [5, 5.41) is 3.69. The van der Waals surface area contributed by atoms with Crippen LogP contribution < -0.4 is 10.1 Å². The van der Waals surface area contributed by atoms with Crippen LogP contribution in [-0.4, -0.2) is 12.6 Å². The van der Waals surface area contributed by atoms with Crippen molar-refractivity contribution in [3.63, 3.8) is 0 Å². The molecule has 0 radical (unpaired) electrons. The molecule has 18 heavy (non-hydrogen) atoms. The molecule has 0 bridgehead atoms. The maximum absolute atomic E-state index is 5.90. The van der Waals surface area contributed by atoms with E-state index in [1.165, 1.54) is 30.5 Å². The average Bonchev–Trinajstić information content (AvgIpc) is 2.24. The van der Waals surface area contributed by atoms with Gasteiger partial charge in [0.15, 0.2) is 0 Å². The van der Waals surface area contributed by atoms with Crippen LogP contribution >= 0.6 is 0 Å². The third-order valence-corrected chi connectivity index (χ3v) is 4.32. The molecule has 2 heteroatoms. The van der Waals surface area contributed by atoms with Gasteiger partial charge < -0.3 is 10.1 Å². The van der Waals surface area contributed by atoms with Crippen LogP contribution in [0.2, 0.25) is 0 Å². The van der Waals surface area contributed by atoms with Gasteiger partial charge in [0.2, 0.25) is 0 Å². The van der Waals surface area contributed by atoms with Crippen molar-refractivity contribution in [1.82, 2.24) is 0 Å². The lowest BCUT2D eigenvalue weighted by Gasteiger charge is -2.38. The van der Waals surface area contributed by atoms with E-state index in [0.29, 0.717) is 6.04 Å². The largest absolute Gasteiger partial charge is 0.489 e. The number of nitrogens with one attached hydrogen (secondary N) is 1. The minimum Gasteiger partial charge on any atom is -0.489 e. The first-order valence-electron chi connectivity index (χ1n) is 7.08. The molecule has 0 amide bonds. The standard InChI is InChI=1S/C16H23NO/c1-16(2,3)12-7-8-15-13(9-12)17-14(10-18-15)11-5-4-6-11/h7-9,11,14,17H,4-6,10H2,1-3H3. The second-order valence-corrected chi connectivity index (χ2v) is 6.71. The molecule has 0 saturated heterocycles. The van der Waals surface area contributed by atoms with Gasteiger partial charge in [0.05, 0.1) is 11.7 Å². The number of ether oxygens (including phenoxy) is 1. The molecule has 1 heterocycles. The van der Waals surface area contributed by atoms with Crippen LogP contribution in [0.1, 0.15) is 45.6 Å². The number of anilines is 1. The van der Waals surface area contributed by atoms with Crippen LogP contribution in [0.15, 0.2) is 18.2 Å². The van der Waals surface area contributed by atoms with E-state index in [-0.39, 0.29) is 5.41 Å². The van der Waals surface area contributed by atoms with Crippen LogP contribution in [0.4, 0.5) is 5.69 Å². The zero-order valence-corrected chi connectivity index (χ0v) is 11.6. The molecule has 1 aliphatic heterocycles. The molecule has 0 spiro atoms. The fourth-order valence-corrected chi connectivity index (χ4v) is 2.75. The van der Waals surface area contributed by atoms with Gasteiger partial charge in [-0.15, -0.1) is 0 Å². The van der Waals surface area contributed by atoms with Crippen molar-refractivity contribution in [2.45, 2.75) is 51.5 Å². The summed E-state index contributed by atoms with van der Waals surface area (Å²) in [6.45, 7) is 7.58. The Bertz CT molecular complexity index is 443. The zero-order chi connectivity index (χ0) is 12.8. The van der Waals surface area contributed by atoms with Gasteiger partial charge in [-0.1, -0.05) is 33.3 Å². The predicted octanol–water partition coefficient (Wildman–Crippen LogP) is 3.96. The van der Waals surface area contributed by atoms with E-state index in [0.717, 1.165) is 18.3 Å². The molecule has 1 atom stereocenters. The monoisotopic (exact) mass is 245 g/mol. The van der Waals surface area contributed by atoms with E-state index < -0.39 is 0 Å². The number of fused-ring (bicyclic) bond motifs is 1. The van der Waals surface area contributed by atoms with Gasteiger partial charge in [0.25, 0.3) is 0 Å². The fraction of sp³-hybridized carbons (Fsp3) is 0.625. The van der Waals surface area contributed by atoms with E-state index in [4.69, 9.17) is 4.74 Å². The minimum atomic E-state index is 0.195. The molecule has 1 saturated carbocycles. The predicted molar refractivity (Wildman–Crippen MR) is 75.4 cm³/mol. The molecule has 98 valence electrons. The number of benzene rings is 1. The normalized spacial score (nSPS) is 23.6. The molecule has 1 N–H and O–H groups in total. The molecule has 0 aromatic heterocycles. The highest BCUT2D eigenvalue weighted by molar-refractivity contribution is 5.61. The van der Waals surface area contributed by atoms with Crippen LogP contribution in [0.25, 0.3) is 0 Å². The van der Waals surface area contributed by atoms with Crippen molar-refractivity contribution in [2.75, 3.05) is 11.9 Å². The quantitative estimate of drug-likeness (QED) is 0.808. The summed E-state index contributed by atoms with van der Waals surface area (Å²) in [6, 6.07) is 7.08. The van der Waals surface area contributed by atoms with Crippen LogP contribution in [0.3, 0.4) is 0 Å². The van der Waals surface area contributed by atoms with Crippen molar-refractivity contribution >= 4 is 5.69 Å². The summed E-state index contributed by atoms with van der Waals surface area (Å²) in [7, 11) is 0. The molecule has 3 rings (SSSR count). The first-order valence-corrected chi connectivity index (χ1v) is 7.08. The Morgan fingerprint density at radius 3 is 2.61 bits per heavy atom. The summed E-state index contributed by atoms with van der Waals surface area (Å²) in [5.41, 5.74) is 2.75. The zero-order valence-electron chi connectivity index (χ0n) is 11.6. The minimum absolute atomic E-state index is 0.195. The summed E-state index contributed by atoms with van der Waals surface area (Å²) in [5.74, 6) is 1.83. The van der Waals surface area contributed by atoms with E-state index >= 15 is 0 Å². The lowest BCUT2D eigenvalue weighted by Crippen LogP contribution is -2.41. The highest BCUT2D eigenvalue weighted by Crippen LogP contribution is 2.38. The Kier molecular flexibility index (Phi) is 2.76. The van der Waals surface area contributed by atoms with Gasteiger partial charge in [0.1, 0.15) is 12.4 Å². The van der Waals surface area contributed by atoms with Gasteiger partial charge in [-0.05, 0) is 41.9 Å². The smallest absolute Gasteiger partial charge is 0.142 e. The maximum Gasteiger partial charge on any atom is 0.142 e. The van der Waals surface area contributed by atoms with Gasteiger partial charge in [0, 0.05) is 0 Å². The summed E-state index contributed by atoms with van der Waals surface area (Å²) < 4.78 is 5.90. The first kappa shape index (κ1) is 11.9. The highest BCUT2D eigenvalue weighted by atomic mass is 16.5.